The Labute approximate surface area is 187 Å². The summed E-state index contributed by atoms with van der Waals surface area (Å²) < 4.78 is 10.7. The van der Waals surface area contributed by atoms with Gasteiger partial charge in [0.2, 0.25) is 0 Å². The van der Waals surface area contributed by atoms with E-state index in [0.717, 1.165) is 0 Å². The van der Waals surface area contributed by atoms with E-state index >= 15 is 0 Å². The number of phenolic OH excluding ortho intramolecular Hbond substituents is 1. The van der Waals surface area contributed by atoms with Crippen LogP contribution < -0.4 is 9.47 Å². The summed E-state index contributed by atoms with van der Waals surface area (Å²) in [7, 11) is 0. The van der Waals surface area contributed by atoms with E-state index in [2.05, 4.69) is 9.97 Å². The zero-order valence-corrected chi connectivity index (χ0v) is 18.6. The first-order valence-corrected chi connectivity index (χ1v) is 10.2. The molecule has 0 saturated heterocycles. The predicted molar refractivity (Wildman–Crippen MR) is 120 cm³/mol. The van der Waals surface area contributed by atoms with Gasteiger partial charge in [-0.3, -0.25) is 9.59 Å². The number of ether oxygens (including phenoxy) is 2. The van der Waals surface area contributed by atoms with Crippen LogP contribution in [-0.2, 0) is 11.4 Å². The Hall–Kier alpha value is -3.74. The third-order valence-electron chi connectivity index (χ3n) is 4.74. The van der Waals surface area contributed by atoms with Crippen molar-refractivity contribution in [2.45, 2.75) is 40.7 Å². The highest BCUT2D eigenvalue weighted by Gasteiger charge is 2.21. The number of benzene rings is 2. The fraction of sp³-hybridized carbons (Fsp3) is 0.280. The highest BCUT2D eigenvalue weighted by atomic mass is 16.5. The minimum absolute atomic E-state index is 0.0629. The van der Waals surface area contributed by atoms with Crippen LogP contribution in [0.2, 0.25) is 0 Å². The molecule has 0 bridgehead atoms. The smallest absolute Gasteiger partial charge is 0.298 e. The van der Waals surface area contributed by atoms with E-state index in [9.17, 15) is 14.7 Å². The molecule has 0 aliphatic rings. The Morgan fingerprint density at radius 3 is 2.66 bits per heavy atom. The lowest BCUT2D eigenvalue weighted by atomic mass is 9.87. The van der Waals surface area contributed by atoms with Gasteiger partial charge in [0.05, 0.1) is 11.3 Å². The van der Waals surface area contributed by atoms with Crippen LogP contribution in [0, 0.1) is 12.3 Å². The normalized spacial score (nSPS) is 11.1. The van der Waals surface area contributed by atoms with E-state index < -0.39 is 0 Å². The van der Waals surface area contributed by atoms with Crippen molar-refractivity contribution in [1.29, 1.82) is 0 Å². The largest absolute Gasteiger partial charge is 0.507 e. The van der Waals surface area contributed by atoms with Gasteiger partial charge in [-0.1, -0.05) is 32.9 Å². The fourth-order valence-electron chi connectivity index (χ4n) is 3.17. The second kappa shape index (κ2) is 9.60. The number of ketones is 1. The Kier molecular flexibility index (Phi) is 6.88. The number of phenols is 1. The molecule has 0 radical (unpaired) electrons. The van der Waals surface area contributed by atoms with Gasteiger partial charge in [-0.05, 0) is 42.7 Å². The van der Waals surface area contributed by atoms with Crippen molar-refractivity contribution in [3.8, 4) is 28.6 Å². The van der Waals surface area contributed by atoms with E-state index in [4.69, 9.17) is 9.47 Å². The van der Waals surface area contributed by atoms with Crippen LogP contribution in [0.25, 0.3) is 11.4 Å². The second-order valence-electron chi connectivity index (χ2n) is 8.65. The number of rotatable bonds is 8. The van der Waals surface area contributed by atoms with Crippen LogP contribution in [0.4, 0.5) is 0 Å². The Morgan fingerprint density at radius 1 is 1.16 bits per heavy atom. The molecular formula is C25H26N2O5. The van der Waals surface area contributed by atoms with Crippen LogP contribution in [0.3, 0.4) is 0 Å². The van der Waals surface area contributed by atoms with Crippen molar-refractivity contribution in [1.82, 2.24) is 9.97 Å². The van der Waals surface area contributed by atoms with Crippen molar-refractivity contribution < 1.29 is 24.2 Å². The molecule has 1 aromatic heterocycles. The van der Waals surface area contributed by atoms with Gasteiger partial charge in [-0.25, -0.2) is 9.97 Å². The molecule has 0 atom stereocenters. The van der Waals surface area contributed by atoms with Crippen LogP contribution >= 0.6 is 0 Å². The van der Waals surface area contributed by atoms with Gasteiger partial charge in [-0.2, -0.15) is 0 Å². The van der Waals surface area contributed by atoms with Gasteiger partial charge in [0.25, 0.3) is 6.47 Å². The quantitative estimate of drug-likeness (QED) is 0.398. The zero-order valence-electron chi connectivity index (χ0n) is 18.6. The van der Waals surface area contributed by atoms with Gasteiger partial charge < -0.3 is 14.6 Å². The molecule has 3 aromatic rings. The van der Waals surface area contributed by atoms with Gasteiger partial charge in [0, 0.05) is 23.7 Å². The molecule has 0 saturated carbocycles. The van der Waals surface area contributed by atoms with E-state index in [1.165, 1.54) is 0 Å². The lowest BCUT2D eigenvalue weighted by Gasteiger charge is -2.18. The van der Waals surface area contributed by atoms with Crippen molar-refractivity contribution in [3.05, 3.63) is 65.5 Å². The minimum atomic E-state index is -0.170. The molecule has 32 heavy (non-hydrogen) atoms. The number of aromatic nitrogens is 2. The first-order valence-electron chi connectivity index (χ1n) is 10.2. The molecule has 0 aliphatic carbocycles. The third-order valence-corrected chi connectivity index (χ3v) is 4.74. The average Bonchev–Trinajstić information content (AvgIpc) is 2.74. The maximum Gasteiger partial charge on any atom is 0.298 e. The van der Waals surface area contributed by atoms with Gasteiger partial charge in [0.1, 0.15) is 23.9 Å². The molecule has 0 aliphatic heterocycles. The molecule has 2 aromatic carbocycles. The van der Waals surface area contributed by atoms with Crippen LogP contribution in [-0.4, -0.2) is 27.3 Å². The van der Waals surface area contributed by atoms with Crippen molar-refractivity contribution in [3.63, 3.8) is 0 Å². The van der Waals surface area contributed by atoms with Crippen LogP contribution in [0.5, 0.6) is 17.2 Å². The number of hydrogen-bond donors (Lipinski definition) is 1. The van der Waals surface area contributed by atoms with Crippen molar-refractivity contribution in [2.24, 2.45) is 5.41 Å². The molecule has 3 rings (SSSR count). The summed E-state index contributed by atoms with van der Waals surface area (Å²) in [5.41, 5.74) is 1.95. The summed E-state index contributed by atoms with van der Waals surface area (Å²) in [4.78, 5) is 31.8. The van der Waals surface area contributed by atoms with E-state index in [-0.39, 0.29) is 23.6 Å². The maximum atomic E-state index is 12.5. The number of hydrogen-bond acceptors (Lipinski definition) is 7. The zero-order chi connectivity index (χ0) is 23.3. The maximum absolute atomic E-state index is 12.5. The number of carbonyl (C=O) groups excluding carboxylic acids is 2. The molecule has 0 fully saturated rings. The summed E-state index contributed by atoms with van der Waals surface area (Å²) in [5.74, 6) is 1.16. The van der Waals surface area contributed by atoms with Gasteiger partial charge in [-0.15, -0.1) is 0 Å². The van der Waals surface area contributed by atoms with Crippen LogP contribution in [0.15, 0.2) is 48.7 Å². The lowest BCUT2D eigenvalue weighted by Crippen LogP contribution is -2.13. The Morgan fingerprint density at radius 2 is 1.94 bits per heavy atom. The van der Waals surface area contributed by atoms with E-state index in [1.54, 1.807) is 49.5 Å². The molecule has 7 nitrogen and oxygen atoms in total. The van der Waals surface area contributed by atoms with Crippen LogP contribution in [0.1, 0.15) is 48.8 Å². The summed E-state index contributed by atoms with van der Waals surface area (Å²) in [6.45, 7) is 8.16. The first kappa shape index (κ1) is 22.9. The average molecular weight is 434 g/mol. The van der Waals surface area contributed by atoms with E-state index in [1.807, 2.05) is 26.8 Å². The molecule has 0 spiro atoms. The topological polar surface area (TPSA) is 98.6 Å². The number of aromatic hydroxyl groups is 1. The Balaban J connectivity index is 1.75. The van der Waals surface area contributed by atoms with Crippen molar-refractivity contribution >= 4 is 12.3 Å². The van der Waals surface area contributed by atoms with Gasteiger partial charge >= 0.3 is 0 Å². The molecule has 166 valence electrons. The molecule has 0 amide bonds. The molecule has 7 heteroatoms. The molecular weight excluding hydrogens is 408 g/mol. The lowest BCUT2D eigenvalue weighted by molar-refractivity contribution is -0.120. The predicted octanol–water partition coefficient (Wildman–Crippen LogP) is 4.89. The molecule has 0 unspecified atom stereocenters. The summed E-state index contributed by atoms with van der Waals surface area (Å²) in [6.07, 6.45) is 1.95. The molecule has 1 heterocycles. The Bertz CT molecular complexity index is 1140. The fourth-order valence-corrected chi connectivity index (χ4v) is 3.17. The SMILES string of the molecule is Cc1c(OCc2ccnc(-c3cccc(OC=O)c3)n2)ccc(C(=O)CC(C)(C)C)c1O. The summed E-state index contributed by atoms with van der Waals surface area (Å²) >= 11 is 0. The monoisotopic (exact) mass is 434 g/mol. The third kappa shape index (κ3) is 5.69. The molecule has 1 N–H and O–H groups in total. The number of carbonyl (C=O) groups is 2. The summed E-state index contributed by atoms with van der Waals surface area (Å²) in [5, 5.41) is 10.5. The summed E-state index contributed by atoms with van der Waals surface area (Å²) in [6, 6.07) is 11.9. The minimum Gasteiger partial charge on any atom is -0.507 e. The van der Waals surface area contributed by atoms with Crippen molar-refractivity contribution in [2.75, 3.05) is 0 Å². The van der Waals surface area contributed by atoms with E-state index in [0.29, 0.717) is 52.6 Å². The second-order valence-corrected chi connectivity index (χ2v) is 8.65. The first-order chi connectivity index (χ1) is 15.2. The number of Topliss-reactive ketones (excluding diaryl/α,β-unsaturated/α-hetero) is 1. The highest BCUT2D eigenvalue weighted by Crippen LogP contribution is 2.33. The van der Waals surface area contributed by atoms with Gasteiger partial charge in [0.15, 0.2) is 11.6 Å². The number of nitrogens with zero attached hydrogens (tertiary/aromatic N) is 2. The standard InChI is InChI=1S/C25H26N2O5/c1-16-22(9-8-20(23(16)30)21(29)13-25(2,3)4)31-14-18-10-11-26-24(27-18)17-6-5-7-19(12-17)32-15-28/h5-12,15,30H,13-14H2,1-4H3. The highest BCUT2D eigenvalue weighted by molar-refractivity contribution is 5.99.